The van der Waals surface area contributed by atoms with Gasteiger partial charge in [0.05, 0.1) is 30.3 Å². The second kappa shape index (κ2) is 9.60. The fraction of sp³-hybridized carbons (Fsp3) is 0.409. The van der Waals surface area contributed by atoms with Crippen LogP contribution in [0.5, 0.6) is 5.75 Å². The van der Waals surface area contributed by atoms with Crippen LogP contribution in [-0.4, -0.2) is 40.8 Å². The molecule has 0 amide bonds. The molecule has 33 heavy (non-hydrogen) atoms. The number of rotatable bonds is 8. The Morgan fingerprint density at radius 2 is 1.76 bits per heavy atom. The number of hydrogen-bond donors (Lipinski definition) is 2. The molecule has 0 unspecified atom stereocenters. The number of ether oxygens (including phenoxy) is 1. The van der Waals surface area contributed by atoms with Gasteiger partial charge in [0.2, 0.25) is 0 Å². The summed E-state index contributed by atoms with van der Waals surface area (Å²) in [5.41, 5.74) is -2.28. The monoisotopic (exact) mass is 477 g/mol. The molecular weight excluding hydrogens is 456 g/mol. The molecule has 3 rings (SSSR count). The van der Waals surface area contributed by atoms with E-state index in [4.69, 9.17) is 9.84 Å². The number of carboxylic acid groups (broad SMARTS) is 1. The molecule has 2 aromatic carbocycles. The smallest absolute Gasteiger partial charge is 0.416 e. The lowest BCUT2D eigenvalue weighted by Gasteiger charge is -2.39. The first-order valence-electron chi connectivity index (χ1n) is 9.95. The molecule has 0 radical (unpaired) electrons. The van der Waals surface area contributed by atoms with E-state index in [0.717, 1.165) is 0 Å². The summed E-state index contributed by atoms with van der Waals surface area (Å²) in [6.07, 6.45) is -11.2. The average Bonchev–Trinajstić information content (AvgIpc) is 2.67. The number of nitrogens with zero attached hydrogens (tertiary/aromatic N) is 1. The molecule has 2 N–H and O–H groups in total. The maximum absolute atomic E-state index is 13.2. The van der Waals surface area contributed by atoms with Crippen molar-refractivity contribution in [3.05, 3.63) is 64.7 Å². The number of carbonyl (C=O) groups is 1. The van der Waals surface area contributed by atoms with Crippen molar-refractivity contribution in [2.45, 2.75) is 31.4 Å². The third kappa shape index (κ3) is 6.61. The summed E-state index contributed by atoms with van der Waals surface area (Å²) in [4.78, 5) is 12.3. The van der Waals surface area contributed by atoms with Crippen molar-refractivity contribution in [2.24, 2.45) is 5.92 Å². The maximum atomic E-state index is 13.2. The molecule has 0 saturated carbocycles. The van der Waals surface area contributed by atoms with E-state index in [1.807, 2.05) is 0 Å². The molecule has 1 atom stereocenters. The van der Waals surface area contributed by atoms with Gasteiger partial charge in [0, 0.05) is 25.6 Å². The normalized spacial score (nSPS) is 16.3. The summed E-state index contributed by atoms with van der Waals surface area (Å²) < 4.78 is 84.1. The molecule has 0 aliphatic carbocycles. The molecule has 1 aliphatic heterocycles. The first kappa shape index (κ1) is 24.8. The molecule has 0 bridgehead atoms. The summed E-state index contributed by atoms with van der Waals surface area (Å²) in [5, 5.41) is 18.6. The average molecular weight is 477 g/mol. The Bertz CT molecular complexity index is 986. The SMILES string of the molecule is O=C(O)C[C@@H](O)c1cccc(OCC2CN(Cc3cc(C(F)(F)F)ccc3C(F)(F)F)C2)c1. The van der Waals surface area contributed by atoms with Gasteiger partial charge in [-0.25, -0.2) is 0 Å². The number of halogens is 6. The van der Waals surface area contributed by atoms with Crippen LogP contribution in [0.1, 0.15) is 34.8 Å². The van der Waals surface area contributed by atoms with Crippen molar-refractivity contribution in [3.63, 3.8) is 0 Å². The Labute approximate surface area is 185 Å². The fourth-order valence-corrected chi connectivity index (χ4v) is 3.64. The number of aliphatic hydroxyl groups is 1. The maximum Gasteiger partial charge on any atom is 0.416 e. The van der Waals surface area contributed by atoms with Crippen LogP contribution in [0.2, 0.25) is 0 Å². The molecule has 0 spiro atoms. The number of carboxylic acids is 1. The van der Waals surface area contributed by atoms with Crippen LogP contribution >= 0.6 is 0 Å². The van der Waals surface area contributed by atoms with E-state index in [9.17, 15) is 36.2 Å². The van der Waals surface area contributed by atoms with E-state index >= 15 is 0 Å². The van der Waals surface area contributed by atoms with Crippen molar-refractivity contribution in [2.75, 3.05) is 19.7 Å². The first-order chi connectivity index (χ1) is 15.3. The highest BCUT2D eigenvalue weighted by molar-refractivity contribution is 5.67. The van der Waals surface area contributed by atoms with Gasteiger partial charge < -0.3 is 14.9 Å². The van der Waals surface area contributed by atoms with E-state index < -0.39 is 47.5 Å². The first-order valence-corrected chi connectivity index (χ1v) is 9.95. The van der Waals surface area contributed by atoms with Gasteiger partial charge in [0.25, 0.3) is 0 Å². The van der Waals surface area contributed by atoms with E-state index in [0.29, 0.717) is 42.6 Å². The summed E-state index contributed by atoms with van der Waals surface area (Å²) in [6.45, 7) is 0.625. The Kier molecular flexibility index (Phi) is 7.23. The number of alkyl halides is 6. The minimum atomic E-state index is -4.76. The van der Waals surface area contributed by atoms with Crippen LogP contribution in [-0.2, 0) is 23.7 Å². The Balaban J connectivity index is 1.57. The number of likely N-dealkylation sites (tertiary alicyclic amines) is 1. The largest absolute Gasteiger partial charge is 0.493 e. The van der Waals surface area contributed by atoms with E-state index in [1.54, 1.807) is 23.1 Å². The number of aliphatic carboxylic acids is 1. The van der Waals surface area contributed by atoms with Crippen LogP contribution in [0.4, 0.5) is 26.3 Å². The third-order valence-electron chi connectivity index (χ3n) is 5.26. The van der Waals surface area contributed by atoms with E-state index in [2.05, 4.69) is 0 Å². The van der Waals surface area contributed by atoms with Gasteiger partial charge in [-0.15, -0.1) is 0 Å². The number of aliphatic hydroxyl groups excluding tert-OH is 1. The molecule has 5 nitrogen and oxygen atoms in total. The molecule has 1 aliphatic rings. The van der Waals surface area contributed by atoms with Crippen LogP contribution < -0.4 is 4.74 Å². The zero-order valence-corrected chi connectivity index (χ0v) is 17.2. The molecule has 1 fully saturated rings. The molecule has 1 heterocycles. The lowest BCUT2D eigenvalue weighted by molar-refractivity contribution is -0.142. The van der Waals surface area contributed by atoms with Crippen molar-refractivity contribution < 1.29 is 46.1 Å². The quantitative estimate of drug-likeness (QED) is 0.538. The predicted molar refractivity (Wildman–Crippen MR) is 104 cm³/mol. The fourth-order valence-electron chi connectivity index (χ4n) is 3.64. The van der Waals surface area contributed by atoms with Crippen LogP contribution in [0.3, 0.4) is 0 Å². The van der Waals surface area contributed by atoms with Gasteiger partial charge in [-0.2, -0.15) is 26.3 Å². The highest BCUT2D eigenvalue weighted by Crippen LogP contribution is 2.37. The standard InChI is InChI=1S/C22H21F6NO4/c23-21(24,25)16-4-5-18(22(26,27)28)15(6-16)11-29-9-13(10-29)12-33-17-3-1-2-14(7-17)19(30)8-20(31)32/h1-7,13,19,30H,8-12H2,(H,31,32)/t19-/m1/s1. The van der Waals surface area contributed by atoms with Gasteiger partial charge in [-0.1, -0.05) is 12.1 Å². The molecule has 1 saturated heterocycles. The van der Waals surface area contributed by atoms with Crippen LogP contribution in [0.15, 0.2) is 42.5 Å². The number of benzene rings is 2. The Hall–Kier alpha value is -2.79. The van der Waals surface area contributed by atoms with Crippen molar-refractivity contribution in [3.8, 4) is 5.75 Å². The van der Waals surface area contributed by atoms with Gasteiger partial charge in [0.15, 0.2) is 0 Å². The lowest BCUT2D eigenvalue weighted by Crippen LogP contribution is -2.48. The summed E-state index contributed by atoms with van der Waals surface area (Å²) in [5.74, 6) is -0.803. The summed E-state index contributed by atoms with van der Waals surface area (Å²) >= 11 is 0. The van der Waals surface area contributed by atoms with Crippen LogP contribution in [0.25, 0.3) is 0 Å². The number of hydrogen-bond acceptors (Lipinski definition) is 4. The minimum Gasteiger partial charge on any atom is -0.493 e. The summed E-state index contributed by atoms with van der Waals surface area (Å²) in [6, 6.07) is 7.70. The van der Waals surface area contributed by atoms with Crippen LogP contribution in [0, 0.1) is 5.92 Å². The molecule has 180 valence electrons. The van der Waals surface area contributed by atoms with Gasteiger partial charge in [-0.05, 0) is 41.5 Å². The van der Waals surface area contributed by atoms with Gasteiger partial charge in [0.1, 0.15) is 5.75 Å². The second-order valence-electron chi connectivity index (χ2n) is 7.92. The zero-order chi connectivity index (χ0) is 24.4. The zero-order valence-electron chi connectivity index (χ0n) is 17.2. The van der Waals surface area contributed by atoms with Crippen molar-refractivity contribution in [1.29, 1.82) is 0 Å². The Morgan fingerprint density at radius 1 is 1.06 bits per heavy atom. The van der Waals surface area contributed by atoms with E-state index in [-0.39, 0.29) is 19.1 Å². The van der Waals surface area contributed by atoms with E-state index in [1.165, 1.54) is 6.07 Å². The lowest BCUT2D eigenvalue weighted by atomic mass is 9.97. The highest BCUT2D eigenvalue weighted by Gasteiger charge is 2.38. The molecule has 2 aromatic rings. The summed E-state index contributed by atoms with van der Waals surface area (Å²) in [7, 11) is 0. The third-order valence-corrected chi connectivity index (χ3v) is 5.26. The molecule has 11 heteroatoms. The highest BCUT2D eigenvalue weighted by atomic mass is 19.4. The molecular formula is C22H21F6NO4. The molecule has 0 aromatic heterocycles. The predicted octanol–water partition coefficient (Wildman–Crippen LogP) is 4.74. The van der Waals surface area contributed by atoms with Crippen molar-refractivity contribution >= 4 is 5.97 Å². The van der Waals surface area contributed by atoms with Crippen molar-refractivity contribution in [1.82, 2.24) is 4.90 Å². The van der Waals surface area contributed by atoms with Gasteiger partial charge in [-0.3, -0.25) is 9.69 Å². The second-order valence-corrected chi connectivity index (χ2v) is 7.92. The van der Waals surface area contributed by atoms with Gasteiger partial charge >= 0.3 is 18.3 Å². The topological polar surface area (TPSA) is 70.0 Å². The Morgan fingerprint density at radius 3 is 2.36 bits per heavy atom. The minimum absolute atomic E-state index is 0.0438.